The van der Waals surface area contributed by atoms with Crippen LogP contribution in [0.5, 0.6) is 0 Å². The first kappa shape index (κ1) is 59.7. The smallest absolute Gasteiger partial charge is 0.306 e. The van der Waals surface area contributed by atoms with Crippen LogP contribution in [0.15, 0.2) is 77.3 Å². The molecule has 0 saturated carbocycles. The van der Waals surface area contributed by atoms with Crippen molar-refractivity contribution in [3.63, 3.8) is 0 Å². The number of aryl methyl sites for hydroxylation is 2. The Morgan fingerprint density at radius 1 is 0.692 bits per heavy atom. The molecule has 1 rings (SSSR count). The molecule has 0 aliphatic rings. The Morgan fingerprint density at radius 3 is 1.83 bits per heavy atom. The molecule has 370 valence electrons. The summed E-state index contributed by atoms with van der Waals surface area (Å²) >= 11 is 0. The molecule has 1 aromatic rings. The Bertz CT molecular complexity index is 1650. The summed E-state index contributed by atoms with van der Waals surface area (Å²) in [5.41, 5.74) is 2.63. The number of carbonyl (C=O) groups excluding carboxylic acids is 2. The highest BCUT2D eigenvalue weighted by Gasteiger charge is 2.22. The van der Waals surface area contributed by atoms with Crippen LogP contribution in [0, 0.1) is 13.8 Å². The van der Waals surface area contributed by atoms with Crippen molar-refractivity contribution in [2.24, 2.45) is 0 Å². The van der Waals surface area contributed by atoms with Crippen LogP contribution in [0.3, 0.4) is 0 Å². The first-order valence-electron chi connectivity index (χ1n) is 24.2. The predicted molar refractivity (Wildman–Crippen MR) is 260 cm³/mol. The zero-order chi connectivity index (χ0) is 48.2. The molecule has 0 radical (unpaired) electrons. The number of furan rings is 1. The zero-order valence-electron chi connectivity index (χ0n) is 41.1. The van der Waals surface area contributed by atoms with Crippen LogP contribution >= 0.6 is 7.82 Å². The number of aliphatic hydroxyl groups excluding tert-OH is 2. The predicted octanol–water partition coefficient (Wildman–Crippen LogP) is 10.8. The number of esters is 2. The van der Waals surface area contributed by atoms with Crippen LogP contribution < -0.4 is 4.89 Å². The SMILES string of the molecule is CC/C=C\C[C@@H](O)/C=C/C=C\C=C\[C@@H](O)C/C=C\C/C=C\CCC(=O)OC[C@H](COP(=O)([O-])OCC[N+](C)(C)C)OC(=O)CCCCCCCCCCc1oc(CCCCC)c(C)c1C. The number of allylic oxidation sites excluding steroid dienone is 8. The molecule has 1 heterocycles. The molecular formula is C52H86NO11P. The lowest BCUT2D eigenvalue weighted by Gasteiger charge is -2.28. The molecule has 65 heavy (non-hydrogen) atoms. The molecule has 0 spiro atoms. The number of phosphoric ester groups is 1. The summed E-state index contributed by atoms with van der Waals surface area (Å²) in [6.07, 6.45) is 36.9. The number of rotatable bonds is 39. The molecule has 0 aliphatic heterocycles. The standard InChI is InChI=1S/C52H86NO11P/c1-8-10-24-32-46(54)34-27-22-23-28-35-47(55)33-26-18-16-17-20-30-38-51(56)60-42-48(43-62-65(58,59)61-41-40-53(5,6)7)63-52(57)39-31-21-15-13-12-14-19-29-37-50-45(4)44(3)49(64-50)36-25-11-9-2/h10,17-18,20,22-24,26-28,34-35,46-48,54-55H,8-9,11-16,19,21,25,29-33,36-43H2,1-7H3/b20-17-,23-22-,24-10-,26-18-,34-27+,35-28+/t46-,47+,48-/m1/s1. The number of carbonyl (C=O) groups is 2. The fraction of sp³-hybridized carbons (Fsp3) is 0.654. The van der Waals surface area contributed by atoms with Gasteiger partial charge in [0.1, 0.15) is 31.3 Å². The molecule has 0 aliphatic carbocycles. The Balaban J connectivity index is 2.43. The van der Waals surface area contributed by atoms with Gasteiger partial charge in [-0.1, -0.05) is 138 Å². The van der Waals surface area contributed by atoms with Gasteiger partial charge < -0.3 is 42.5 Å². The van der Waals surface area contributed by atoms with Gasteiger partial charge in [-0.15, -0.1) is 0 Å². The van der Waals surface area contributed by atoms with Crippen LogP contribution in [0.1, 0.15) is 152 Å². The second kappa shape index (κ2) is 36.7. The lowest BCUT2D eigenvalue weighted by atomic mass is 10.0. The number of unbranched alkanes of at least 4 members (excludes halogenated alkanes) is 9. The van der Waals surface area contributed by atoms with Crippen LogP contribution in [-0.2, 0) is 45.5 Å². The molecule has 0 amide bonds. The maximum atomic E-state index is 12.8. The molecule has 4 atom stereocenters. The largest absolute Gasteiger partial charge is 0.756 e. The molecule has 0 saturated heterocycles. The van der Waals surface area contributed by atoms with Crippen molar-refractivity contribution in [2.45, 2.75) is 174 Å². The third-order valence-electron chi connectivity index (χ3n) is 10.6. The number of nitrogens with zero attached hydrogens (tertiary/aromatic N) is 1. The summed E-state index contributed by atoms with van der Waals surface area (Å²) in [7, 11) is 1.03. The van der Waals surface area contributed by atoms with E-state index < -0.39 is 44.7 Å². The van der Waals surface area contributed by atoms with Gasteiger partial charge in [0.2, 0.25) is 0 Å². The highest BCUT2D eigenvalue weighted by atomic mass is 31.2. The van der Waals surface area contributed by atoms with E-state index in [2.05, 4.69) is 20.8 Å². The van der Waals surface area contributed by atoms with Gasteiger partial charge in [-0.2, -0.15) is 0 Å². The fourth-order valence-electron chi connectivity index (χ4n) is 6.50. The molecule has 12 nitrogen and oxygen atoms in total. The number of aliphatic hydroxyl groups is 2. The summed E-state index contributed by atoms with van der Waals surface area (Å²) in [6.45, 7) is 8.10. The average molecular weight is 932 g/mol. The van der Waals surface area contributed by atoms with Crippen molar-refractivity contribution in [3.8, 4) is 0 Å². The Hall–Kier alpha value is -3.35. The fourth-order valence-corrected chi connectivity index (χ4v) is 7.23. The molecular weight excluding hydrogens is 846 g/mol. The van der Waals surface area contributed by atoms with Gasteiger partial charge >= 0.3 is 11.9 Å². The van der Waals surface area contributed by atoms with Crippen molar-refractivity contribution >= 4 is 19.8 Å². The van der Waals surface area contributed by atoms with Crippen LogP contribution in [0.2, 0.25) is 0 Å². The highest BCUT2D eigenvalue weighted by Crippen LogP contribution is 2.38. The van der Waals surface area contributed by atoms with Gasteiger partial charge in [-0.05, 0) is 76.3 Å². The normalized spacial score (nSPS) is 15.0. The third-order valence-corrected chi connectivity index (χ3v) is 11.6. The van der Waals surface area contributed by atoms with E-state index in [0.29, 0.717) is 43.1 Å². The molecule has 1 unspecified atom stereocenters. The van der Waals surface area contributed by atoms with Crippen molar-refractivity contribution in [2.75, 3.05) is 47.5 Å². The lowest BCUT2D eigenvalue weighted by Crippen LogP contribution is -2.37. The number of quaternary nitrogens is 1. The van der Waals surface area contributed by atoms with Crippen molar-refractivity contribution in [3.05, 3.63) is 95.6 Å². The van der Waals surface area contributed by atoms with E-state index in [1.807, 2.05) is 64.5 Å². The Kier molecular flexibility index (Phi) is 33.7. The van der Waals surface area contributed by atoms with Crippen LogP contribution in [0.25, 0.3) is 0 Å². The monoisotopic (exact) mass is 932 g/mol. The summed E-state index contributed by atoms with van der Waals surface area (Å²) in [6, 6.07) is 0. The van der Waals surface area contributed by atoms with E-state index in [1.165, 1.54) is 30.4 Å². The first-order chi connectivity index (χ1) is 31.1. The van der Waals surface area contributed by atoms with Gasteiger partial charge in [-0.3, -0.25) is 14.2 Å². The quantitative estimate of drug-likeness (QED) is 0.0161. The maximum absolute atomic E-state index is 12.8. The minimum Gasteiger partial charge on any atom is -0.756 e. The summed E-state index contributed by atoms with van der Waals surface area (Å²) < 4.78 is 40.1. The zero-order valence-corrected chi connectivity index (χ0v) is 42.0. The minimum atomic E-state index is -4.69. The number of phosphoric acid groups is 1. The number of hydrogen-bond acceptors (Lipinski definition) is 11. The van der Waals surface area contributed by atoms with Gasteiger partial charge in [0.15, 0.2) is 6.10 Å². The molecule has 0 fully saturated rings. The lowest BCUT2D eigenvalue weighted by molar-refractivity contribution is -0.870. The molecule has 0 bridgehead atoms. The topological polar surface area (TPSA) is 165 Å². The van der Waals surface area contributed by atoms with Gasteiger partial charge in [0, 0.05) is 25.7 Å². The van der Waals surface area contributed by atoms with Gasteiger partial charge in [0.25, 0.3) is 7.82 Å². The average Bonchev–Trinajstić information content (AvgIpc) is 3.51. The van der Waals surface area contributed by atoms with E-state index in [0.717, 1.165) is 75.7 Å². The second-order valence-corrected chi connectivity index (χ2v) is 19.1. The Morgan fingerprint density at radius 2 is 1.25 bits per heavy atom. The number of hydrogen-bond donors (Lipinski definition) is 2. The molecule has 2 N–H and O–H groups in total. The third kappa shape index (κ3) is 33.7. The van der Waals surface area contributed by atoms with Gasteiger partial charge in [0.05, 0.1) is 40.0 Å². The molecule has 0 aromatic carbocycles. The van der Waals surface area contributed by atoms with E-state index >= 15 is 0 Å². The number of ether oxygens (including phenoxy) is 2. The van der Waals surface area contributed by atoms with E-state index in [-0.39, 0.29) is 26.1 Å². The molecule has 1 aromatic heterocycles. The van der Waals surface area contributed by atoms with Gasteiger partial charge in [-0.25, -0.2) is 0 Å². The van der Waals surface area contributed by atoms with Crippen molar-refractivity contribution in [1.82, 2.24) is 0 Å². The van der Waals surface area contributed by atoms with Crippen LogP contribution in [0.4, 0.5) is 0 Å². The maximum Gasteiger partial charge on any atom is 0.306 e. The summed E-state index contributed by atoms with van der Waals surface area (Å²) in [5, 5.41) is 20.0. The van der Waals surface area contributed by atoms with E-state index in [1.54, 1.807) is 36.5 Å². The van der Waals surface area contributed by atoms with Crippen molar-refractivity contribution in [1.29, 1.82) is 0 Å². The van der Waals surface area contributed by atoms with Crippen LogP contribution in [-0.4, -0.2) is 92.5 Å². The minimum absolute atomic E-state index is 0.0711. The van der Waals surface area contributed by atoms with Crippen molar-refractivity contribution < 1.29 is 56.7 Å². The molecule has 13 heteroatoms. The van der Waals surface area contributed by atoms with E-state index in [4.69, 9.17) is 22.9 Å². The first-order valence-corrected chi connectivity index (χ1v) is 25.7. The summed E-state index contributed by atoms with van der Waals surface area (Å²) in [5.74, 6) is 1.27. The Labute approximate surface area is 392 Å². The van der Waals surface area contributed by atoms with E-state index in [9.17, 15) is 29.3 Å². The summed E-state index contributed by atoms with van der Waals surface area (Å²) in [4.78, 5) is 37.8. The second-order valence-electron chi connectivity index (χ2n) is 17.7. The number of likely N-dealkylation sites (N-methyl/N-ethyl adjacent to an activating group) is 1. The highest BCUT2D eigenvalue weighted by molar-refractivity contribution is 7.45.